The van der Waals surface area contributed by atoms with E-state index in [2.05, 4.69) is 15.3 Å². The molecule has 0 aliphatic carbocycles. The molecule has 0 saturated carbocycles. The minimum atomic E-state index is -1.03. The zero-order valence-corrected chi connectivity index (χ0v) is 14.4. The lowest BCUT2D eigenvalue weighted by Crippen LogP contribution is -2.16. The Morgan fingerprint density at radius 1 is 1.29 bits per heavy atom. The number of benzene rings is 1. The van der Waals surface area contributed by atoms with Crippen LogP contribution in [0.5, 0.6) is 0 Å². The zero-order chi connectivity index (χ0) is 17.5. The molecule has 2 rings (SSSR count). The van der Waals surface area contributed by atoms with Gasteiger partial charge in [-0.1, -0.05) is 18.7 Å². The summed E-state index contributed by atoms with van der Waals surface area (Å²) in [6.07, 6.45) is 0. The highest BCUT2D eigenvalue weighted by molar-refractivity contribution is 7.99. The highest BCUT2D eigenvalue weighted by Crippen LogP contribution is 2.16. The molecule has 0 spiro atoms. The van der Waals surface area contributed by atoms with Crippen LogP contribution in [-0.2, 0) is 10.5 Å². The lowest BCUT2D eigenvalue weighted by atomic mass is 10.3. The van der Waals surface area contributed by atoms with E-state index in [1.54, 1.807) is 11.8 Å². The Morgan fingerprint density at radius 2 is 2.08 bits per heavy atom. The van der Waals surface area contributed by atoms with Crippen LogP contribution in [0.3, 0.4) is 0 Å². The number of anilines is 1. The van der Waals surface area contributed by atoms with Crippen molar-refractivity contribution in [3.8, 4) is 0 Å². The van der Waals surface area contributed by atoms with Gasteiger partial charge in [-0.3, -0.25) is 9.59 Å². The summed E-state index contributed by atoms with van der Waals surface area (Å²) in [4.78, 5) is 30.3. The third-order valence-electron chi connectivity index (χ3n) is 2.77. The van der Waals surface area contributed by atoms with Gasteiger partial charge in [0.2, 0.25) is 5.91 Å². The van der Waals surface area contributed by atoms with Crippen molar-refractivity contribution in [1.82, 2.24) is 9.97 Å². The van der Waals surface area contributed by atoms with Gasteiger partial charge in [-0.25, -0.2) is 13.8 Å². The second kappa shape index (κ2) is 8.84. The molecule has 0 unspecified atom stereocenters. The number of carbonyl (C=O) groups excluding carboxylic acids is 1. The molecule has 0 saturated heterocycles. The number of aromatic nitrogens is 2. The number of rotatable bonds is 7. The van der Waals surface area contributed by atoms with Gasteiger partial charge in [-0.15, -0.1) is 0 Å². The van der Waals surface area contributed by atoms with Crippen LogP contribution in [0, 0.1) is 11.6 Å². The molecule has 2 aromatic rings. The monoisotopic (exact) mass is 371 g/mol. The first-order valence-corrected chi connectivity index (χ1v) is 9.17. The number of nitrogens with one attached hydrogen (secondary N) is 2. The van der Waals surface area contributed by atoms with Crippen molar-refractivity contribution in [2.75, 3.05) is 16.8 Å². The number of halogens is 2. The number of hydrogen-bond acceptors (Lipinski definition) is 5. The fraction of sp³-hybridized carbons (Fsp3) is 0.267. The van der Waals surface area contributed by atoms with Crippen molar-refractivity contribution in [3.05, 3.63) is 51.9 Å². The molecule has 0 aliphatic heterocycles. The minimum absolute atomic E-state index is 0.0215. The average Bonchev–Trinajstić information content (AvgIpc) is 2.54. The predicted molar refractivity (Wildman–Crippen MR) is 92.4 cm³/mol. The summed E-state index contributed by atoms with van der Waals surface area (Å²) in [7, 11) is 0. The van der Waals surface area contributed by atoms with E-state index in [9.17, 15) is 18.4 Å². The molecule has 1 aromatic heterocycles. The van der Waals surface area contributed by atoms with Crippen LogP contribution in [0.1, 0.15) is 12.6 Å². The van der Waals surface area contributed by atoms with Gasteiger partial charge in [-0.2, -0.15) is 11.8 Å². The van der Waals surface area contributed by atoms with Crippen LogP contribution >= 0.6 is 23.5 Å². The fourth-order valence-electron chi connectivity index (χ4n) is 1.74. The summed E-state index contributed by atoms with van der Waals surface area (Å²) < 4.78 is 25.9. The summed E-state index contributed by atoms with van der Waals surface area (Å²) in [5.41, 5.74) is 0.531. The predicted octanol–water partition coefficient (Wildman–Crippen LogP) is 3.03. The summed E-state index contributed by atoms with van der Waals surface area (Å²) >= 11 is 2.70. The Hall–Kier alpha value is -1.87. The SMILES string of the molecule is CCSCc1cc(=O)[nH]c(SCC(=O)Nc2ccc(F)c(F)c2)n1. The van der Waals surface area contributed by atoms with Crippen molar-refractivity contribution in [2.24, 2.45) is 0 Å². The van der Waals surface area contributed by atoms with Crippen molar-refractivity contribution < 1.29 is 13.6 Å². The summed E-state index contributed by atoms with van der Waals surface area (Å²) in [6, 6.07) is 4.53. The largest absolute Gasteiger partial charge is 0.325 e. The Bertz CT molecular complexity index is 784. The van der Waals surface area contributed by atoms with Gasteiger partial charge in [0.25, 0.3) is 5.56 Å². The van der Waals surface area contributed by atoms with E-state index in [0.717, 1.165) is 29.6 Å². The molecule has 1 heterocycles. The van der Waals surface area contributed by atoms with Crippen LogP contribution in [0.2, 0.25) is 0 Å². The smallest absolute Gasteiger partial charge is 0.251 e. The Kier molecular flexibility index (Phi) is 6.80. The van der Waals surface area contributed by atoms with Crippen LogP contribution in [0.4, 0.5) is 14.5 Å². The van der Waals surface area contributed by atoms with Gasteiger partial charge in [-0.05, 0) is 17.9 Å². The third kappa shape index (κ3) is 5.64. The highest BCUT2D eigenvalue weighted by atomic mass is 32.2. The van der Waals surface area contributed by atoms with E-state index in [0.29, 0.717) is 16.6 Å². The fourth-order valence-corrected chi connectivity index (χ4v) is 2.99. The molecule has 9 heteroatoms. The number of amides is 1. The maximum absolute atomic E-state index is 13.1. The molecular weight excluding hydrogens is 356 g/mol. The molecule has 0 aliphatic rings. The van der Waals surface area contributed by atoms with E-state index in [1.165, 1.54) is 12.1 Å². The third-order valence-corrected chi connectivity index (χ3v) is 4.55. The van der Waals surface area contributed by atoms with Crippen molar-refractivity contribution in [2.45, 2.75) is 17.8 Å². The standard InChI is InChI=1S/C15H15F2N3O2S2/c1-2-23-7-10-6-13(21)20-15(19-10)24-8-14(22)18-9-3-4-11(16)12(17)5-9/h3-6H,2,7-8H2,1H3,(H,18,22)(H,19,20,21). The summed E-state index contributed by atoms with van der Waals surface area (Å²) in [6.45, 7) is 2.01. The zero-order valence-electron chi connectivity index (χ0n) is 12.8. The van der Waals surface area contributed by atoms with E-state index in [4.69, 9.17) is 0 Å². The first-order chi connectivity index (χ1) is 11.5. The Balaban J connectivity index is 1.94. The van der Waals surface area contributed by atoms with Gasteiger partial charge in [0.05, 0.1) is 11.4 Å². The number of nitrogens with zero attached hydrogens (tertiary/aromatic N) is 1. The number of H-pyrrole nitrogens is 1. The maximum Gasteiger partial charge on any atom is 0.251 e. The first-order valence-electron chi connectivity index (χ1n) is 7.03. The van der Waals surface area contributed by atoms with Gasteiger partial charge >= 0.3 is 0 Å². The summed E-state index contributed by atoms with van der Waals surface area (Å²) in [5.74, 6) is -0.921. The van der Waals surface area contributed by atoms with Crippen molar-refractivity contribution >= 4 is 35.1 Å². The van der Waals surface area contributed by atoms with E-state index < -0.39 is 17.5 Å². The van der Waals surface area contributed by atoms with Crippen molar-refractivity contribution in [1.29, 1.82) is 0 Å². The van der Waals surface area contributed by atoms with E-state index in [1.807, 2.05) is 6.92 Å². The number of carbonyl (C=O) groups is 1. The summed E-state index contributed by atoms with van der Waals surface area (Å²) in [5, 5.41) is 2.80. The normalized spacial score (nSPS) is 10.6. The topological polar surface area (TPSA) is 74.8 Å². The van der Waals surface area contributed by atoms with Crippen LogP contribution < -0.4 is 10.9 Å². The molecule has 128 valence electrons. The molecule has 1 amide bonds. The van der Waals surface area contributed by atoms with E-state index >= 15 is 0 Å². The number of aromatic amines is 1. The molecule has 0 fully saturated rings. The van der Waals surface area contributed by atoms with Gasteiger partial charge in [0, 0.05) is 23.6 Å². The number of hydrogen-bond donors (Lipinski definition) is 2. The van der Waals surface area contributed by atoms with Crippen LogP contribution in [0.25, 0.3) is 0 Å². The van der Waals surface area contributed by atoms with Gasteiger partial charge < -0.3 is 10.3 Å². The molecule has 1 aromatic carbocycles. The average molecular weight is 371 g/mol. The van der Waals surface area contributed by atoms with Gasteiger partial charge in [0.15, 0.2) is 16.8 Å². The second-order valence-electron chi connectivity index (χ2n) is 4.64. The number of thioether (sulfide) groups is 2. The van der Waals surface area contributed by atoms with Crippen LogP contribution in [0.15, 0.2) is 34.2 Å². The highest BCUT2D eigenvalue weighted by Gasteiger charge is 2.09. The second-order valence-corrected chi connectivity index (χ2v) is 6.88. The Morgan fingerprint density at radius 3 is 2.79 bits per heavy atom. The minimum Gasteiger partial charge on any atom is -0.325 e. The lowest BCUT2D eigenvalue weighted by Gasteiger charge is -2.06. The molecule has 24 heavy (non-hydrogen) atoms. The van der Waals surface area contributed by atoms with Gasteiger partial charge in [0.1, 0.15) is 0 Å². The quantitative estimate of drug-likeness (QED) is 0.578. The van der Waals surface area contributed by atoms with Crippen LogP contribution in [-0.4, -0.2) is 27.4 Å². The first kappa shape index (κ1) is 18.5. The maximum atomic E-state index is 13.1. The molecule has 2 N–H and O–H groups in total. The molecule has 0 bridgehead atoms. The molecule has 0 radical (unpaired) electrons. The Labute approximate surface area is 145 Å². The van der Waals surface area contributed by atoms with E-state index in [-0.39, 0.29) is 17.0 Å². The lowest BCUT2D eigenvalue weighted by molar-refractivity contribution is -0.113. The molecule has 0 atom stereocenters. The van der Waals surface area contributed by atoms with Crippen molar-refractivity contribution in [3.63, 3.8) is 0 Å². The molecule has 5 nitrogen and oxygen atoms in total. The molecular formula is C15H15F2N3O2S2.